The molecule has 58 valence electrons. The van der Waals surface area contributed by atoms with Crippen LogP contribution in [0.2, 0.25) is 0 Å². The monoisotopic (exact) mass is 153 g/mol. The maximum absolute atomic E-state index is 10.6. The minimum Gasteiger partial charge on any atom is -0.481 e. The smallest absolute Gasteiger partial charge is 0.316 e. The fourth-order valence-corrected chi connectivity index (χ4v) is 0.846. The molecule has 11 heavy (non-hydrogen) atoms. The molecule has 0 saturated heterocycles. The van der Waals surface area contributed by atoms with Crippen molar-refractivity contribution in [3.8, 4) is 0 Å². The number of carboxylic acid groups (broad SMARTS) is 1. The van der Waals surface area contributed by atoms with Crippen LogP contribution in [0.25, 0.3) is 0 Å². The first kappa shape index (κ1) is 7.65. The Hall–Kier alpha value is -1.45. The summed E-state index contributed by atoms with van der Waals surface area (Å²) in [5.41, 5.74) is 0.525. The molecular weight excluding hydrogens is 146 g/mol. The standard InChI is InChI=1S/C7H7NO3/c1-4-2-6(9)8-3-5(4)7(10)11/h2-3,5H,1H3,(H,10,11). The Kier molecular flexibility index (Phi) is 1.85. The Morgan fingerprint density at radius 3 is 2.82 bits per heavy atom. The molecule has 0 bridgehead atoms. The highest BCUT2D eigenvalue weighted by molar-refractivity contribution is 6.04. The molecule has 1 rings (SSSR count). The molecule has 0 saturated carbocycles. The summed E-state index contributed by atoms with van der Waals surface area (Å²) >= 11 is 0. The van der Waals surface area contributed by atoms with Crippen LogP contribution < -0.4 is 0 Å². The van der Waals surface area contributed by atoms with E-state index >= 15 is 0 Å². The van der Waals surface area contributed by atoms with E-state index in [1.54, 1.807) is 6.92 Å². The molecule has 1 aliphatic rings. The molecule has 1 heterocycles. The average Bonchev–Trinajstić information content (AvgIpc) is 1.85. The van der Waals surface area contributed by atoms with E-state index in [0.717, 1.165) is 6.21 Å². The SMILES string of the molecule is CC1=CC(=O)N=CC1C(=O)O. The van der Waals surface area contributed by atoms with Gasteiger partial charge >= 0.3 is 5.97 Å². The molecule has 1 aliphatic heterocycles. The van der Waals surface area contributed by atoms with Crippen molar-refractivity contribution >= 4 is 18.1 Å². The Bertz CT molecular complexity index is 265. The van der Waals surface area contributed by atoms with Crippen molar-refractivity contribution in [3.63, 3.8) is 0 Å². The lowest BCUT2D eigenvalue weighted by Gasteiger charge is -2.09. The Balaban J connectivity index is 2.88. The summed E-state index contributed by atoms with van der Waals surface area (Å²) in [6, 6.07) is 0. The third-order valence-electron chi connectivity index (χ3n) is 1.46. The molecule has 4 nitrogen and oxygen atoms in total. The van der Waals surface area contributed by atoms with Crippen LogP contribution in [0, 0.1) is 5.92 Å². The molecule has 1 N–H and O–H groups in total. The number of carboxylic acids is 1. The zero-order valence-electron chi connectivity index (χ0n) is 5.94. The van der Waals surface area contributed by atoms with Crippen molar-refractivity contribution in [2.75, 3.05) is 0 Å². The molecule has 0 radical (unpaired) electrons. The van der Waals surface area contributed by atoms with E-state index in [0.29, 0.717) is 5.57 Å². The van der Waals surface area contributed by atoms with Gasteiger partial charge in [-0.15, -0.1) is 0 Å². The van der Waals surface area contributed by atoms with Crippen molar-refractivity contribution in [1.82, 2.24) is 0 Å². The molecule has 1 atom stereocenters. The molecule has 1 unspecified atom stereocenters. The Labute approximate surface area is 63.2 Å². The van der Waals surface area contributed by atoms with Gasteiger partial charge in [0.15, 0.2) is 0 Å². The largest absolute Gasteiger partial charge is 0.481 e. The highest BCUT2D eigenvalue weighted by Gasteiger charge is 2.20. The van der Waals surface area contributed by atoms with Crippen LogP contribution in [0.5, 0.6) is 0 Å². The Morgan fingerprint density at radius 1 is 1.73 bits per heavy atom. The summed E-state index contributed by atoms with van der Waals surface area (Å²) in [6.07, 6.45) is 2.39. The second-order valence-electron chi connectivity index (χ2n) is 2.32. The summed E-state index contributed by atoms with van der Waals surface area (Å²) in [4.78, 5) is 24.4. The van der Waals surface area contributed by atoms with Gasteiger partial charge in [0, 0.05) is 12.3 Å². The minimum absolute atomic E-state index is 0.389. The van der Waals surface area contributed by atoms with Gasteiger partial charge in [-0.1, -0.05) is 0 Å². The van der Waals surface area contributed by atoms with Gasteiger partial charge in [0.25, 0.3) is 5.91 Å². The summed E-state index contributed by atoms with van der Waals surface area (Å²) in [6.45, 7) is 1.60. The summed E-state index contributed by atoms with van der Waals surface area (Å²) in [7, 11) is 0. The van der Waals surface area contributed by atoms with E-state index in [1.807, 2.05) is 0 Å². The normalized spacial score (nSPS) is 23.2. The molecule has 0 fully saturated rings. The fraction of sp³-hybridized carbons (Fsp3) is 0.286. The third kappa shape index (κ3) is 1.52. The fourth-order valence-electron chi connectivity index (χ4n) is 0.846. The summed E-state index contributed by atoms with van der Waals surface area (Å²) in [5, 5.41) is 8.55. The molecular formula is C7H7NO3. The number of carbonyl (C=O) groups excluding carboxylic acids is 1. The average molecular weight is 153 g/mol. The molecule has 0 aromatic carbocycles. The predicted molar refractivity (Wildman–Crippen MR) is 38.4 cm³/mol. The van der Waals surface area contributed by atoms with Crippen molar-refractivity contribution in [2.24, 2.45) is 10.9 Å². The van der Waals surface area contributed by atoms with Crippen LogP contribution in [0.15, 0.2) is 16.6 Å². The van der Waals surface area contributed by atoms with Gasteiger partial charge in [-0.3, -0.25) is 9.59 Å². The number of rotatable bonds is 1. The number of dihydropyridines is 1. The molecule has 1 amide bonds. The first-order chi connectivity index (χ1) is 5.11. The number of aliphatic carboxylic acids is 1. The van der Waals surface area contributed by atoms with Crippen LogP contribution in [0.1, 0.15) is 6.92 Å². The minimum atomic E-state index is -0.977. The molecule has 0 aromatic heterocycles. The van der Waals surface area contributed by atoms with Gasteiger partial charge in [0.05, 0.1) is 0 Å². The number of hydrogen-bond donors (Lipinski definition) is 1. The van der Waals surface area contributed by atoms with Gasteiger partial charge in [-0.25, -0.2) is 4.99 Å². The van der Waals surface area contributed by atoms with Crippen LogP contribution in [0.3, 0.4) is 0 Å². The van der Waals surface area contributed by atoms with E-state index in [9.17, 15) is 9.59 Å². The van der Waals surface area contributed by atoms with E-state index in [2.05, 4.69) is 4.99 Å². The molecule has 0 aromatic rings. The number of aliphatic imine (C=N–C) groups is 1. The first-order valence-corrected chi connectivity index (χ1v) is 3.10. The summed E-state index contributed by atoms with van der Waals surface area (Å²) < 4.78 is 0. The van der Waals surface area contributed by atoms with Crippen molar-refractivity contribution in [2.45, 2.75) is 6.92 Å². The van der Waals surface area contributed by atoms with Crippen molar-refractivity contribution in [3.05, 3.63) is 11.6 Å². The number of nitrogens with zero attached hydrogens (tertiary/aromatic N) is 1. The molecule has 0 spiro atoms. The quantitative estimate of drug-likeness (QED) is 0.587. The van der Waals surface area contributed by atoms with Gasteiger partial charge in [0.2, 0.25) is 0 Å². The zero-order valence-corrected chi connectivity index (χ0v) is 5.94. The van der Waals surface area contributed by atoms with Gasteiger partial charge in [0.1, 0.15) is 5.92 Å². The lowest BCUT2D eigenvalue weighted by Crippen LogP contribution is -2.20. The van der Waals surface area contributed by atoms with Gasteiger partial charge < -0.3 is 5.11 Å². The third-order valence-corrected chi connectivity index (χ3v) is 1.46. The van der Waals surface area contributed by atoms with Crippen molar-refractivity contribution < 1.29 is 14.7 Å². The molecule has 4 heteroatoms. The van der Waals surface area contributed by atoms with Gasteiger partial charge in [-0.05, 0) is 12.5 Å². The maximum Gasteiger partial charge on any atom is 0.316 e. The van der Waals surface area contributed by atoms with Crippen molar-refractivity contribution in [1.29, 1.82) is 0 Å². The second kappa shape index (κ2) is 2.65. The number of carbonyl (C=O) groups is 2. The summed E-state index contributed by atoms with van der Waals surface area (Å²) in [5.74, 6) is -2.09. The lowest BCUT2D eigenvalue weighted by molar-refractivity contribution is -0.138. The second-order valence-corrected chi connectivity index (χ2v) is 2.32. The van der Waals surface area contributed by atoms with E-state index in [4.69, 9.17) is 5.11 Å². The maximum atomic E-state index is 10.6. The predicted octanol–water partition coefficient (Wildman–Crippen LogP) is 0.244. The molecule has 0 aliphatic carbocycles. The van der Waals surface area contributed by atoms with Crippen LogP contribution in [0.4, 0.5) is 0 Å². The zero-order chi connectivity index (χ0) is 8.43. The van der Waals surface area contributed by atoms with E-state index in [-0.39, 0.29) is 5.91 Å². The highest BCUT2D eigenvalue weighted by atomic mass is 16.4. The topological polar surface area (TPSA) is 66.7 Å². The van der Waals surface area contributed by atoms with Crippen LogP contribution in [-0.4, -0.2) is 23.2 Å². The van der Waals surface area contributed by atoms with Gasteiger partial charge in [-0.2, -0.15) is 0 Å². The Morgan fingerprint density at radius 2 is 2.36 bits per heavy atom. The van der Waals surface area contributed by atoms with E-state index < -0.39 is 11.9 Å². The highest BCUT2D eigenvalue weighted by Crippen LogP contribution is 2.12. The number of amides is 1. The van der Waals surface area contributed by atoms with Crippen LogP contribution in [-0.2, 0) is 9.59 Å². The van der Waals surface area contributed by atoms with E-state index in [1.165, 1.54) is 6.08 Å². The lowest BCUT2D eigenvalue weighted by atomic mass is 10.00. The first-order valence-electron chi connectivity index (χ1n) is 3.10. The van der Waals surface area contributed by atoms with Crippen LogP contribution >= 0.6 is 0 Å². The number of hydrogen-bond acceptors (Lipinski definition) is 2.